The third kappa shape index (κ3) is 2.17. The highest BCUT2D eigenvalue weighted by Gasteiger charge is 2.25. The normalized spacial score (nSPS) is 32.2. The van der Waals surface area contributed by atoms with Crippen molar-refractivity contribution in [2.24, 2.45) is 0 Å². The van der Waals surface area contributed by atoms with Gasteiger partial charge in [0.1, 0.15) is 0 Å². The molecular weight excluding hydrogens is 156 g/mol. The third-order valence-electron chi connectivity index (χ3n) is 0.905. The van der Waals surface area contributed by atoms with Gasteiger partial charge in [0.15, 0.2) is 6.29 Å². The van der Waals surface area contributed by atoms with Gasteiger partial charge >= 0.3 is 5.97 Å². The Labute approximate surface area is 62.5 Å². The fourth-order valence-electron chi connectivity index (χ4n) is 0.565. The maximum atomic E-state index is 10.3. The van der Waals surface area contributed by atoms with Crippen LogP contribution in [0.1, 0.15) is 6.92 Å². The summed E-state index contributed by atoms with van der Waals surface area (Å²) in [4.78, 5) is 10.3. The van der Waals surface area contributed by atoms with E-state index in [1.165, 1.54) is 18.7 Å². The zero-order valence-corrected chi connectivity index (χ0v) is 6.26. The number of aliphatic hydroxyl groups excluding tert-OH is 1. The number of thioether (sulfide) groups is 1. The van der Waals surface area contributed by atoms with E-state index in [9.17, 15) is 4.79 Å². The van der Waals surface area contributed by atoms with Crippen LogP contribution in [0.4, 0.5) is 0 Å². The molecule has 0 radical (unpaired) electrons. The fourth-order valence-corrected chi connectivity index (χ4v) is 1.38. The Hall–Kier alpha value is -0.260. The van der Waals surface area contributed by atoms with Crippen molar-refractivity contribution in [2.45, 2.75) is 18.8 Å². The van der Waals surface area contributed by atoms with E-state index in [2.05, 4.69) is 4.74 Å². The van der Waals surface area contributed by atoms with Gasteiger partial charge in [0.05, 0.1) is 5.75 Å². The van der Waals surface area contributed by atoms with Crippen LogP contribution in [0.5, 0.6) is 0 Å². The molecule has 1 heterocycles. The molecular formula is C5H8O4S. The van der Waals surface area contributed by atoms with Crippen molar-refractivity contribution < 1.29 is 19.4 Å². The summed E-state index contributed by atoms with van der Waals surface area (Å²) < 4.78 is 9.37. The molecule has 1 N–H and O–H groups in total. The zero-order chi connectivity index (χ0) is 7.56. The van der Waals surface area contributed by atoms with E-state index in [1.54, 1.807) is 0 Å². The van der Waals surface area contributed by atoms with Crippen molar-refractivity contribution in [1.82, 2.24) is 0 Å². The fraction of sp³-hybridized carbons (Fsp3) is 0.800. The zero-order valence-electron chi connectivity index (χ0n) is 5.44. The lowest BCUT2D eigenvalue weighted by Crippen LogP contribution is -2.15. The van der Waals surface area contributed by atoms with Gasteiger partial charge in [-0.2, -0.15) is 0 Å². The molecule has 1 aliphatic rings. The van der Waals surface area contributed by atoms with Gasteiger partial charge in [-0.15, -0.1) is 0 Å². The second kappa shape index (κ2) is 3.23. The van der Waals surface area contributed by atoms with Crippen molar-refractivity contribution >= 4 is 17.7 Å². The molecule has 10 heavy (non-hydrogen) atoms. The summed E-state index contributed by atoms with van der Waals surface area (Å²) in [5, 5.41) is 8.78. The van der Waals surface area contributed by atoms with Crippen LogP contribution in [0.3, 0.4) is 0 Å². The number of esters is 1. The highest BCUT2D eigenvalue weighted by atomic mass is 32.2. The summed E-state index contributed by atoms with van der Waals surface area (Å²) in [5.41, 5.74) is -0.618. The predicted molar refractivity (Wildman–Crippen MR) is 35.1 cm³/mol. The molecule has 1 aliphatic heterocycles. The largest absolute Gasteiger partial charge is 0.426 e. The molecule has 0 saturated carbocycles. The standard InChI is InChI=1S/C5H8O4S/c1-3(6)8-5-9-4(7)2-10-5/h4-5,7H,2H2,1H3. The van der Waals surface area contributed by atoms with Crippen molar-refractivity contribution in [3.05, 3.63) is 0 Å². The van der Waals surface area contributed by atoms with E-state index in [-0.39, 0.29) is 0 Å². The van der Waals surface area contributed by atoms with Gasteiger partial charge in [0.2, 0.25) is 0 Å². The smallest absolute Gasteiger partial charge is 0.305 e. The Kier molecular flexibility index (Phi) is 2.53. The van der Waals surface area contributed by atoms with Gasteiger partial charge in [-0.1, -0.05) is 11.8 Å². The molecule has 1 fully saturated rings. The van der Waals surface area contributed by atoms with Gasteiger partial charge in [-0.25, -0.2) is 0 Å². The quantitative estimate of drug-likeness (QED) is 0.549. The minimum absolute atomic E-state index is 0.397. The van der Waals surface area contributed by atoms with E-state index in [1.807, 2.05) is 0 Å². The Morgan fingerprint density at radius 1 is 1.90 bits per heavy atom. The second-order valence-corrected chi connectivity index (χ2v) is 2.87. The average molecular weight is 164 g/mol. The van der Waals surface area contributed by atoms with Gasteiger partial charge < -0.3 is 14.6 Å². The molecule has 1 saturated heterocycles. The SMILES string of the molecule is CC(=O)OC1OC(O)CS1. The van der Waals surface area contributed by atoms with E-state index in [0.29, 0.717) is 5.75 Å². The van der Waals surface area contributed by atoms with E-state index >= 15 is 0 Å². The van der Waals surface area contributed by atoms with Crippen molar-refractivity contribution in [2.75, 3.05) is 5.75 Å². The minimum Gasteiger partial charge on any atom is -0.426 e. The number of carbonyl (C=O) groups excluding carboxylic acids is 1. The Morgan fingerprint density at radius 2 is 2.60 bits per heavy atom. The van der Waals surface area contributed by atoms with Crippen LogP contribution in [0, 0.1) is 0 Å². The summed E-state index contributed by atoms with van der Waals surface area (Å²) >= 11 is 1.26. The molecule has 58 valence electrons. The van der Waals surface area contributed by atoms with Crippen LogP contribution < -0.4 is 0 Å². The van der Waals surface area contributed by atoms with Crippen LogP contribution in [0.2, 0.25) is 0 Å². The molecule has 2 unspecified atom stereocenters. The molecule has 0 amide bonds. The number of carbonyl (C=O) groups is 1. The molecule has 2 atom stereocenters. The number of ether oxygens (including phenoxy) is 2. The van der Waals surface area contributed by atoms with Crippen LogP contribution >= 0.6 is 11.8 Å². The molecule has 4 nitrogen and oxygen atoms in total. The molecule has 0 aromatic carbocycles. The Bertz CT molecular complexity index is 138. The molecule has 0 spiro atoms. The monoisotopic (exact) mass is 164 g/mol. The molecule has 5 heteroatoms. The summed E-state index contributed by atoms with van der Waals surface area (Å²) in [5.74, 6) is 0.0596. The first-order valence-corrected chi connectivity index (χ1v) is 3.85. The molecule has 0 bridgehead atoms. The first-order chi connectivity index (χ1) is 4.68. The number of aliphatic hydroxyl groups is 1. The van der Waals surface area contributed by atoms with E-state index in [4.69, 9.17) is 9.84 Å². The van der Waals surface area contributed by atoms with Crippen LogP contribution in [0.15, 0.2) is 0 Å². The summed E-state index contributed by atoms with van der Waals surface area (Å²) in [6, 6.07) is 0. The maximum absolute atomic E-state index is 10.3. The van der Waals surface area contributed by atoms with E-state index < -0.39 is 17.9 Å². The predicted octanol–water partition coefficient (Wildman–Crippen LogP) is -0.0851. The molecule has 0 aliphatic carbocycles. The maximum Gasteiger partial charge on any atom is 0.305 e. The van der Waals surface area contributed by atoms with Gasteiger partial charge in [-0.3, -0.25) is 4.79 Å². The van der Waals surface area contributed by atoms with Crippen LogP contribution in [-0.4, -0.2) is 28.7 Å². The van der Waals surface area contributed by atoms with Crippen molar-refractivity contribution in [3.8, 4) is 0 Å². The highest BCUT2D eigenvalue weighted by Crippen LogP contribution is 2.24. The van der Waals surface area contributed by atoms with Gasteiger partial charge in [0, 0.05) is 6.92 Å². The topological polar surface area (TPSA) is 55.8 Å². The third-order valence-corrected chi connectivity index (χ3v) is 1.86. The van der Waals surface area contributed by atoms with Crippen molar-refractivity contribution in [3.63, 3.8) is 0 Å². The number of hydrogen-bond acceptors (Lipinski definition) is 5. The minimum atomic E-state index is -0.797. The second-order valence-electron chi connectivity index (χ2n) is 1.82. The molecule has 1 rings (SSSR count). The lowest BCUT2D eigenvalue weighted by atomic mass is 10.8. The highest BCUT2D eigenvalue weighted by molar-refractivity contribution is 7.99. The lowest BCUT2D eigenvalue weighted by Gasteiger charge is -2.07. The van der Waals surface area contributed by atoms with Crippen molar-refractivity contribution in [1.29, 1.82) is 0 Å². The first kappa shape index (κ1) is 7.84. The summed E-state index contributed by atoms with van der Waals surface area (Å²) in [7, 11) is 0. The lowest BCUT2D eigenvalue weighted by molar-refractivity contribution is -0.181. The van der Waals surface area contributed by atoms with Gasteiger partial charge in [-0.05, 0) is 0 Å². The number of hydrogen-bond donors (Lipinski definition) is 1. The van der Waals surface area contributed by atoms with Crippen LogP contribution in [-0.2, 0) is 14.3 Å². The van der Waals surface area contributed by atoms with E-state index in [0.717, 1.165) is 0 Å². The number of rotatable bonds is 1. The average Bonchev–Trinajstić information content (AvgIpc) is 2.13. The summed E-state index contributed by atoms with van der Waals surface area (Å²) in [6.45, 7) is 1.30. The van der Waals surface area contributed by atoms with Crippen LogP contribution in [0.25, 0.3) is 0 Å². The first-order valence-electron chi connectivity index (χ1n) is 2.81. The summed E-state index contributed by atoms with van der Waals surface area (Å²) in [6.07, 6.45) is -0.797. The Morgan fingerprint density at radius 3 is 3.00 bits per heavy atom. The molecule has 0 aromatic heterocycles. The Balaban J connectivity index is 2.24. The van der Waals surface area contributed by atoms with Gasteiger partial charge in [0.25, 0.3) is 5.62 Å². The molecule has 0 aromatic rings.